The number of benzene rings is 1. The van der Waals surface area contributed by atoms with Crippen molar-refractivity contribution in [3.05, 3.63) is 48.0 Å². The Morgan fingerprint density at radius 1 is 1.33 bits per heavy atom. The number of ether oxygens (including phenoxy) is 1. The monoisotopic (exact) mass is 285 g/mol. The van der Waals surface area contributed by atoms with Crippen LogP contribution in [0.3, 0.4) is 0 Å². The highest BCUT2D eigenvalue weighted by atomic mass is 16.5. The van der Waals surface area contributed by atoms with Gasteiger partial charge in [-0.1, -0.05) is 25.1 Å². The van der Waals surface area contributed by atoms with E-state index in [1.54, 1.807) is 10.9 Å². The maximum absolute atomic E-state index is 5.93. The minimum Gasteiger partial charge on any atom is -0.482 e. The third-order valence-electron chi connectivity index (χ3n) is 3.38. The zero-order valence-electron chi connectivity index (χ0n) is 12.3. The predicted octanol–water partition coefficient (Wildman–Crippen LogP) is 2.85. The molecule has 3 rings (SSSR count). The number of hydrogen-bond acceptors (Lipinski definition) is 4. The maximum atomic E-state index is 5.93. The molecular formula is C16H19N3O2. The molecule has 0 atom stereocenters. The normalized spacial score (nSPS) is 11.1. The van der Waals surface area contributed by atoms with Gasteiger partial charge < -0.3 is 14.5 Å². The lowest BCUT2D eigenvalue weighted by molar-refractivity contribution is 0.272. The van der Waals surface area contributed by atoms with Crippen LogP contribution in [0.15, 0.2) is 41.1 Å². The van der Waals surface area contributed by atoms with Gasteiger partial charge in [-0.25, -0.2) is 0 Å². The molecule has 0 aliphatic heterocycles. The first-order valence-electron chi connectivity index (χ1n) is 7.09. The molecule has 2 aromatic heterocycles. The van der Waals surface area contributed by atoms with E-state index in [-0.39, 0.29) is 0 Å². The highest BCUT2D eigenvalue weighted by Crippen LogP contribution is 2.26. The molecule has 2 heterocycles. The minimum absolute atomic E-state index is 0.404. The SMILES string of the molecule is CCNCc1c(COc2cnn(C)c2)oc2ccccc12. The fraction of sp³-hybridized carbons (Fsp3) is 0.312. The minimum atomic E-state index is 0.404. The maximum Gasteiger partial charge on any atom is 0.157 e. The molecule has 0 amide bonds. The molecule has 3 aromatic rings. The Labute approximate surface area is 123 Å². The number of hydrogen-bond donors (Lipinski definition) is 1. The van der Waals surface area contributed by atoms with Gasteiger partial charge in [0.2, 0.25) is 0 Å². The van der Waals surface area contributed by atoms with Gasteiger partial charge in [0.1, 0.15) is 18.0 Å². The van der Waals surface area contributed by atoms with Gasteiger partial charge in [0, 0.05) is 24.5 Å². The van der Waals surface area contributed by atoms with Crippen molar-refractivity contribution < 1.29 is 9.15 Å². The van der Waals surface area contributed by atoms with Crippen molar-refractivity contribution in [1.82, 2.24) is 15.1 Å². The summed E-state index contributed by atoms with van der Waals surface area (Å²) in [5.74, 6) is 1.60. The highest BCUT2D eigenvalue weighted by Gasteiger charge is 2.14. The summed E-state index contributed by atoms with van der Waals surface area (Å²) in [6.07, 6.45) is 3.54. The van der Waals surface area contributed by atoms with Gasteiger partial charge in [0.25, 0.3) is 0 Å². The molecule has 0 saturated heterocycles. The van der Waals surface area contributed by atoms with Crippen LogP contribution in [0.25, 0.3) is 11.0 Å². The van der Waals surface area contributed by atoms with Crippen LogP contribution < -0.4 is 10.1 Å². The van der Waals surface area contributed by atoms with Gasteiger partial charge >= 0.3 is 0 Å². The number of aryl methyl sites for hydroxylation is 1. The molecule has 21 heavy (non-hydrogen) atoms. The Hall–Kier alpha value is -2.27. The summed E-state index contributed by atoms with van der Waals surface area (Å²) >= 11 is 0. The second-order valence-corrected chi connectivity index (χ2v) is 4.92. The summed E-state index contributed by atoms with van der Waals surface area (Å²) in [6.45, 7) is 4.19. The molecule has 0 aliphatic carbocycles. The van der Waals surface area contributed by atoms with E-state index < -0.39 is 0 Å². The zero-order chi connectivity index (χ0) is 14.7. The van der Waals surface area contributed by atoms with E-state index in [2.05, 4.69) is 23.4 Å². The van der Waals surface area contributed by atoms with Gasteiger partial charge in [-0.15, -0.1) is 0 Å². The number of para-hydroxylation sites is 1. The van der Waals surface area contributed by atoms with Crippen LogP contribution in [0.1, 0.15) is 18.2 Å². The summed E-state index contributed by atoms with van der Waals surface area (Å²) in [5, 5.41) is 8.59. The molecule has 0 spiro atoms. The smallest absolute Gasteiger partial charge is 0.157 e. The first-order valence-corrected chi connectivity index (χ1v) is 7.09. The van der Waals surface area contributed by atoms with Crippen LogP contribution in [0.5, 0.6) is 5.75 Å². The molecular weight excluding hydrogens is 266 g/mol. The lowest BCUT2D eigenvalue weighted by Crippen LogP contribution is -2.13. The summed E-state index contributed by atoms with van der Waals surface area (Å²) in [5.41, 5.74) is 2.06. The fourth-order valence-corrected chi connectivity index (χ4v) is 2.33. The van der Waals surface area contributed by atoms with Crippen molar-refractivity contribution in [3.8, 4) is 5.75 Å². The van der Waals surface area contributed by atoms with E-state index >= 15 is 0 Å². The van der Waals surface area contributed by atoms with E-state index in [4.69, 9.17) is 9.15 Å². The number of nitrogens with zero attached hydrogens (tertiary/aromatic N) is 2. The number of rotatable bonds is 6. The van der Waals surface area contributed by atoms with Crippen molar-refractivity contribution >= 4 is 11.0 Å². The third kappa shape index (κ3) is 2.92. The molecule has 0 radical (unpaired) electrons. The third-order valence-corrected chi connectivity index (χ3v) is 3.38. The molecule has 0 bridgehead atoms. The van der Waals surface area contributed by atoms with Gasteiger partial charge in [-0.05, 0) is 12.6 Å². The van der Waals surface area contributed by atoms with Crippen molar-refractivity contribution in [2.75, 3.05) is 6.54 Å². The topological polar surface area (TPSA) is 52.2 Å². The summed E-state index contributed by atoms with van der Waals surface area (Å²) in [6, 6.07) is 8.07. The Bertz CT molecular complexity index is 730. The van der Waals surface area contributed by atoms with E-state index in [1.165, 1.54) is 0 Å². The molecule has 5 heteroatoms. The summed E-state index contributed by atoms with van der Waals surface area (Å²) < 4.78 is 13.4. The van der Waals surface area contributed by atoms with Gasteiger partial charge in [0.05, 0.1) is 12.4 Å². The first-order chi connectivity index (χ1) is 10.3. The van der Waals surface area contributed by atoms with Crippen LogP contribution in [0.4, 0.5) is 0 Å². The van der Waals surface area contributed by atoms with E-state index in [9.17, 15) is 0 Å². The van der Waals surface area contributed by atoms with E-state index in [1.807, 2.05) is 31.4 Å². The van der Waals surface area contributed by atoms with Crippen LogP contribution in [0, 0.1) is 0 Å². The second-order valence-electron chi connectivity index (χ2n) is 4.92. The van der Waals surface area contributed by atoms with Gasteiger partial charge in [0.15, 0.2) is 5.75 Å². The quantitative estimate of drug-likeness (QED) is 0.756. The van der Waals surface area contributed by atoms with Crippen LogP contribution in [-0.2, 0) is 20.2 Å². The first kappa shape index (κ1) is 13.7. The van der Waals surface area contributed by atoms with E-state index in [0.29, 0.717) is 6.61 Å². The average molecular weight is 285 g/mol. The Balaban J connectivity index is 1.85. The second kappa shape index (κ2) is 6.01. The number of furan rings is 1. The van der Waals surface area contributed by atoms with Crippen molar-refractivity contribution in [2.24, 2.45) is 7.05 Å². The molecule has 1 N–H and O–H groups in total. The molecule has 5 nitrogen and oxygen atoms in total. The van der Waals surface area contributed by atoms with Crippen LogP contribution >= 0.6 is 0 Å². The van der Waals surface area contributed by atoms with Gasteiger partial charge in [-0.3, -0.25) is 4.68 Å². The molecule has 0 fully saturated rings. The van der Waals surface area contributed by atoms with Crippen molar-refractivity contribution in [1.29, 1.82) is 0 Å². The van der Waals surface area contributed by atoms with Crippen molar-refractivity contribution in [3.63, 3.8) is 0 Å². The molecule has 110 valence electrons. The van der Waals surface area contributed by atoms with Gasteiger partial charge in [-0.2, -0.15) is 5.10 Å². The predicted molar refractivity (Wildman–Crippen MR) is 81.1 cm³/mol. The zero-order valence-corrected chi connectivity index (χ0v) is 12.3. The van der Waals surface area contributed by atoms with Crippen LogP contribution in [-0.4, -0.2) is 16.3 Å². The molecule has 0 unspecified atom stereocenters. The Kier molecular flexibility index (Phi) is 3.92. The fourth-order valence-electron chi connectivity index (χ4n) is 2.33. The molecule has 0 saturated carbocycles. The average Bonchev–Trinajstić information content (AvgIpc) is 3.06. The Morgan fingerprint density at radius 2 is 2.19 bits per heavy atom. The van der Waals surface area contributed by atoms with Crippen LogP contribution in [0.2, 0.25) is 0 Å². The lowest BCUT2D eigenvalue weighted by atomic mass is 10.1. The number of aromatic nitrogens is 2. The lowest BCUT2D eigenvalue weighted by Gasteiger charge is -2.05. The van der Waals surface area contributed by atoms with E-state index in [0.717, 1.165) is 41.1 Å². The number of fused-ring (bicyclic) bond motifs is 1. The Morgan fingerprint density at radius 3 is 2.95 bits per heavy atom. The summed E-state index contributed by atoms with van der Waals surface area (Å²) in [7, 11) is 1.87. The highest BCUT2D eigenvalue weighted by molar-refractivity contribution is 5.82. The number of nitrogens with one attached hydrogen (secondary N) is 1. The molecule has 0 aliphatic rings. The standard InChI is InChI=1S/C16H19N3O2/c1-3-17-9-14-13-6-4-5-7-15(13)21-16(14)11-20-12-8-18-19(2)10-12/h4-8,10,17H,3,9,11H2,1-2H3. The molecule has 1 aromatic carbocycles. The largest absolute Gasteiger partial charge is 0.482 e. The van der Waals surface area contributed by atoms with Crippen molar-refractivity contribution in [2.45, 2.75) is 20.1 Å². The summed E-state index contributed by atoms with van der Waals surface area (Å²) in [4.78, 5) is 0.